The van der Waals surface area contributed by atoms with Gasteiger partial charge in [0.25, 0.3) is 0 Å². The van der Waals surface area contributed by atoms with E-state index in [0.29, 0.717) is 6.61 Å². The zero-order chi connectivity index (χ0) is 12.1. The van der Waals surface area contributed by atoms with E-state index in [9.17, 15) is 4.79 Å². The maximum atomic E-state index is 11.8. The fourth-order valence-corrected chi connectivity index (χ4v) is 2.96. The van der Waals surface area contributed by atoms with Gasteiger partial charge in [-0.3, -0.25) is 4.79 Å². The van der Waals surface area contributed by atoms with Crippen LogP contribution < -0.4 is 5.73 Å². The first-order chi connectivity index (χ1) is 8.25. The van der Waals surface area contributed by atoms with Crippen LogP contribution in [-0.4, -0.2) is 18.6 Å². The van der Waals surface area contributed by atoms with Gasteiger partial charge in [0.1, 0.15) is 0 Å². The van der Waals surface area contributed by atoms with E-state index < -0.39 is 0 Å². The molecular weight excluding hydrogens is 234 g/mol. The lowest BCUT2D eigenvalue weighted by molar-refractivity contribution is -0.149. The number of carbonyl (C=O) groups excluding carboxylic acids is 1. The van der Waals surface area contributed by atoms with Crippen LogP contribution in [0.15, 0.2) is 17.5 Å². The summed E-state index contributed by atoms with van der Waals surface area (Å²) in [4.78, 5) is 13.1. The highest BCUT2D eigenvalue weighted by molar-refractivity contribution is 7.09. The molecule has 2 N–H and O–H groups in total. The molecule has 2 atom stereocenters. The van der Waals surface area contributed by atoms with Crippen molar-refractivity contribution in [1.29, 1.82) is 0 Å². The Morgan fingerprint density at radius 1 is 1.53 bits per heavy atom. The van der Waals surface area contributed by atoms with Gasteiger partial charge in [-0.2, -0.15) is 0 Å². The number of hydrogen-bond acceptors (Lipinski definition) is 4. The predicted molar refractivity (Wildman–Crippen MR) is 68.9 cm³/mol. The molecule has 1 aromatic heterocycles. The third-order valence-corrected chi connectivity index (χ3v) is 4.16. The van der Waals surface area contributed by atoms with Crippen LogP contribution in [0.4, 0.5) is 0 Å². The molecule has 1 aliphatic rings. The van der Waals surface area contributed by atoms with Crippen molar-refractivity contribution in [2.75, 3.05) is 6.61 Å². The van der Waals surface area contributed by atoms with E-state index in [1.54, 1.807) is 11.3 Å². The van der Waals surface area contributed by atoms with Crippen molar-refractivity contribution >= 4 is 17.3 Å². The Morgan fingerprint density at radius 2 is 2.41 bits per heavy atom. The van der Waals surface area contributed by atoms with Crippen LogP contribution in [0.3, 0.4) is 0 Å². The maximum Gasteiger partial charge on any atom is 0.308 e. The molecular formula is C13H19NO2S. The van der Waals surface area contributed by atoms with Gasteiger partial charge in [-0.05, 0) is 30.7 Å². The molecule has 0 saturated heterocycles. The van der Waals surface area contributed by atoms with Crippen molar-refractivity contribution in [3.63, 3.8) is 0 Å². The summed E-state index contributed by atoms with van der Waals surface area (Å²) in [6, 6.07) is 4.26. The van der Waals surface area contributed by atoms with Crippen LogP contribution in [0.1, 0.15) is 30.6 Å². The molecule has 2 rings (SSSR count). The average Bonchev–Trinajstić information content (AvgIpc) is 2.82. The molecule has 0 spiro atoms. The summed E-state index contributed by atoms with van der Waals surface area (Å²) in [7, 11) is 0. The first kappa shape index (κ1) is 12.6. The average molecular weight is 253 g/mol. The summed E-state index contributed by atoms with van der Waals surface area (Å²) in [6.07, 6.45) is 4.64. The Morgan fingerprint density at radius 3 is 3.12 bits per heavy atom. The van der Waals surface area contributed by atoms with Crippen molar-refractivity contribution in [2.24, 2.45) is 11.7 Å². The van der Waals surface area contributed by atoms with E-state index >= 15 is 0 Å². The number of thiophene rings is 1. The zero-order valence-corrected chi connectivity index (χ0v) is 10.7. The van der Waals surface area contributed by atoms with Crippen molar-refractivity contribution in [3.05, 3.63) is 22.4 Å². The topological polar surface area (TPSA) is 52.3 Å². The number of nitrogens with two attached hydrogens (primary N) is 1. The van der Waals surface area contributed by atoms with Gasteiger partial charge in [0.2, 0.25) is 0 Å². The van der Waals surface area contributed by atoms with Crippen molar-refractivity contribution in [2.45, 2.75) is 38.1 Å². The normalized spacial score (nSPS) is 24.5. The lowest BCUT2D eigenvalue weighted by Crippen LogP contribution is -2.32. The van der Waals surface area contributed by atoms with Gasteiger partial charge in [-0.15, -0.1) is 11.3 Å². The molecule has 1 fully saturated rings. The second-order valence-corrected chi connectivity index (χ2v) is 5.65. The quantitative estimate of drug-likeness (QED) is 0.838. The van der Waals surface area contributed by atoms with E-state index in [1.807, 2.05) is 11.4 Å². The van der Waals surface area contributed by atoms with Crippen LogP contribution in [0.25, 0.3) is 0 Å². The van der Waals surface area contributed by atoms with E-state index in [0.717, 1.165) is 32.1 Å². The molecule has 17 heavy (non-hydrogen) atoms. The highest BCUT2D eigenvalue weighted by atomic mass is 32.1. The highest BCUT2D eigenvalue weighted by Gasteiger charge is 2.26. The molecule has 1 heterocycles. The Kier molecular flexibility index (Phi) is 4.57. The first-order valence-electron chi connectivity index (χ1n) is 6.20. The Balaban J connectivity index is 1.70. The summed E-state index contributed by atoms with van der Waals surface area (Å²) in [5, 5.41) is 2.04. The largest absolute Gasteiger partial charge is 0.465 e. The third-order valence-electron chi connectivity index (χ3n) is 3.22. The second-order valence-electron chi connectivity index (χ2n) is 4.62. The van der Waals surface area contributed by atoms with Crippen LogP contribution in [0.2, 0.25) is 0 Å². The van der Waals surface area contributed by atoms with Crippen LogP contribution >= 0.6 is 11.3 Å². The molecule has 3 nitrogen and oxygen atoms in total. The van der Waals surface area contributed by atoms with Crippen LogP contribution in [0, 0.1) is 5.92 Å². The Labute approximate surface area is 106 Å². The lowest BCUT2D eigenvalue weighted by atomic mass is 9.86. The molecule has 2 unspecified atom stereocenters. The number of hydrogen-bond donors (Lipinski definition) is 1. The molecule has 1 aromatic rings. The first-order valence-corrected chi connectivity index (χ1v) is 7.08. The minimum Gasteiger partial charge on any atom is -0.465 e. The SMILES string of the molecule is NC1CCCC(C(=O)OCCc2cccs2)C1. The molecule has 1 aliphatic carbocycles. The van der Waals surface area contributed by atoms with Crippen LogP contribution in [-0.2, 0) is 16.0 Å². The smallest absolute Gasteiger partial charge is 0.308 e. The summed E-state index contributed by atoms with van der Waals surface area (Å²) < 4.78 is 5.32. The molecule has 4 heteroatoms. The predicted octanol–water partition coefficient (Wildman–Crippen LogP) is 2.35. The molecule has 94 valence electrons. The standard InChI is InChI=1S/C13H19NO2S/c14-11-4-1-3-10(9-11)13(15)16-7-6-12-5-2-8-17-12/h2,5,8,10-11H,1,3-4,6-7,9,14H2. The van der Waals surface area contributed by atoms with Crippen molar-refractivity contribution < 1.29 is 9.53 Å². The molecule has 0 radical (unpaired) electrons. The molecule has 0 amide bonds. The van der Waals surface area contributed by atoms with Gasteiger partial charge in [0, 0.05) is 17.3 Å². The number of esters is 1. The third kappa shape index (κ3) is 3.82. The van der Waals surface area contributed by atoms with E-state index in [2.05, 4.69) is 6.07 Å². The van der Waals surface area contributed by atoms with Crippen molar-refractivity contribution in [1.82, 2.24) is 0 Å². The van der Waals surface area contributed by atoms with E-state index in [1.165, 1.54) is 4.88 Å². The van der Waals surface area contributed by atoms with Crippen molar-refractivity contribution in [3.8, 4) is 0 Å². The van der Waals surface area contributed by atoms with Gasteiger partial charge < -0.3 is 10.5 Å². The minimum absolute atomic E-state index is 0.0297. The van der Waals surface area contributed by atoms with E-state index in [-0.39, 0.29) is 17.9 Å². The highest BCUT2D eigenvalue weighted by Crippen LogP contribution is 2.24. The molecule has 0 aromatic carbocycles. The maximum absolute atomic E-state index is 11.8. The second kappa shape index (κ2) is 6.17. The number of carbonyl (C=O) groups is 1. The summed E-state index contributed by atoms with van der Waals surface area (Å²) in [6.45, 7) is 0.491. The van der Waals surface area contributed by atoms with Gasteiger partial charge in [0.05, 0.1) is 12.5 Å². The summed E-state index contributed by atoms with van der Waals surface area (Å²) in [5.41, 5.74) is 5.86. The zero-order valence-electron chi connectivity index (χ0n) is 9.93. The van der Waals surface area contributed by atoms with Crippen LogP contribution in [0.5, 0.6) is 0 Å². The summed E-state index contributed by atoms with van der Waals surface area (Å²) >= 11 is 1.70. The van der Waals surface area contributed by atoms with Gasteiger partial charge in [-0.1, -0.05) is 12.5 Å². The molecule has 0 aliphatic heterocycles. The fourth-order valence-electron chi connectivity index (χ4n) is 2.27. The summed E-state index contributed by atoms with van der Waals surface area (Å²) in [5.74, 6) is -0.0289. The number of ether oxygens (including phenoxy) is 1. The fraction of sp³-hybridized carbons (Fsp3) is 0.615. The monoisotopic (exact) mass is 253 g/mol. The van der Waals surface area contributed by atoms with Gasteiger partial charge in [-0.25, -0.2) is 0 Å². The molecule has 1 saturated carbocycles. The van der Waals surface area contributed by atoms with Gasteiger partial charge in [0.15, 0.2) is 0 Å². The molecule has 0 bridgehead atoms. The van der Waals surface area contributed by atoms with E-state index in [4.69, 9.17) is 10.5 Å². The number of rotatable bonds is 4. The Hall–Kier alpha value is -0.870. The van der Waals surface area contributed by atoms with Gasteiger partial charge >= 0.3 is 5.97 Å². The minimum atomic E-state index is -0.0586. The Bertz CT molecular complexity index is 350. The lowest BCUT2D eigenvalue weighted by Gasteiger charge is -2.24.